The average Bonchev–Trinajstić information content (AvgIpc) is 2.64. The van der Waals surface area contributed by atoms with Crippen molar-refractivity contribution in [3.05, 3.63) is 34.9 Å². The van der Waals surface area contributed by atoms with Crippen LogP contribution >= 0.6 is 0 Å². The number of carbonyl (C=O) groups excluding carboxylic acids is 1. The van der Waals surface area contributed by atoms with E-state index in [1.807, 2.05) is 6.07 Å². The summed E-state index contributed by atoms with van der Waals surface area (Å²) in [6, 6.07) is 8.30. The second-order valence-corrected chi connectivity index (χ2v) is 7.87. The Labute approximate surface area is 155 Å². The Hall–Kier alpha value is -2.32. The summed E-state index contributed by atoms with van der Waals surface area (Å²) in [5.74, 6) is 0.227. The van der Waals surface area contributed by atoms with Crippen LogP contribution < -0.4 is 4.90 Å². The highest BCUT2D eigenvalue weighted by Gasteiger charge is 2.34. The smallest absolute Gasteiger partial charge is 0.264 e. The lowest BCUT2D eigenvalue weighted by Crippen LogP contribution is -2.45. The second-order valence-electron chi connectivity index (χ2n) is 7.87. The van der Waals surface area contributed by atoms with Gasteiger partial charge in [-0.05, 0) is 55.5 Å². The third kappa shape index (κ3) is 3.47. The molecule has 0 aromatic heterocycles. The zero-order chi connectivity index (χ0) is 18.9. The fraction of sp³-hybridized carbons (Fsp3) is 0.524. The first-order valence-electron chi connectivity index (χ1n) is 9.20. The predicted octanol–water partition coefficient (Wildman–Crippen LogP) is 3.17. The Kier molecular flexibility index (Phi) is 5.06. The van der Waals surface area contributed by atoms with Crippen LogP contribution in [0, 0.1) is 11.3 Å². The number of ether oxygens (including phenoxy) is 1. The summed E-state index contributed by atoms with van der Waals surface area (Å²) in [5.41, 5.74) is 3.71. The largest absolute Gasteiger partial charge is 0.378 e. The number of anilines is 1. The molecule has 1 aromatic rings. The molecule has 2 aliphatic heterocycles. The van der Waals surface area contributed by atoms with Crippen LogP contribution in [0.5, 0.6) is 0 Å². The number of nitriles is 1. The van der Waals surface area contributed by atoms with Crippen LogP contribution in [-0.4, -0.2) is 49.7 Å². The summed E-state index contributed by atoms with van der Waals surface area (Å²) in [7, 11) is 2.13. The van der Waals surface area contributed by atoms with Gasteiger partial charge in [0.15, 0.2) is 0 Å². The molecule has 1 aromatic carbocycles. The summed E-state index contributed by atoms with van der Waals surface area (Å²) < 4.78 is 5.28. The minimum Gasteiger partial charge on any atom is -0.378 e. The number of morpholine rings is 1. The Morgan fingerprint density at radius 3 is 2.69 bits per heavy atom. The molecule has 138 valence electrons. The van der Waals surface area contributed by atoms with E-state index in [1.165, 1.54) is 11.3 Å². The van der Waals surface area contributed by atoms with Crippen molar-refractivity contribution < 1.29 is 9.53 Å². The molecule has 0 N–H and O–H groups in total. The SMILES string of the molecule is CC1CC(C)(C)N(C)c2ccc(/C=C(\C#N)C(=O)N3CCOCC3)cc21. The number of carbonyl (C=O) groups is 1. The number of hydrogen-bond donors (Lipinski definition) is 0. The van der Waals surface area contributed by atoms with Gasteiger partial charge in [-0.25, -0.2) is 0 Å². The highest BCUT2D eigenvalue weighted by molar-refractivity contribution is 6.01. The maximum Gasteiger partial charge on any atom is 0.264 e. The van der Waals surface area contributed by atoms with Gasteiger partial charge in [0.25, 0.3) is 5.91 Å². The fourth-order valence-corrected chi connectivity index (χ4v) is 3.93. The first-order chi connectivity index (χ1) is 12.3. The van der Waals surface area contributed by atoms with Crippen LogP contribution in [0.15, 0.2) is 23.8 Å². The van der Waals surface area contributed by atoms with Crippen LogP contribution in [0.1, 0.15) is 44.2 Å². The van der Waals surface area contributed by atoms with Crippen LogP contribution in [0.2, 0.25) is 0 Å². The van der Waals surface area contributed by atoms with Crippen molar-refractivity contribution >= 4 is 17.7 Å². The standard InChI is InChI=1S/C21H27N3O2/c1-15-13-21(2,3)23(4)19-6-5-16(12-18(15)19)11-17(14-22)20(25)24-7-9-26-10-8-24/h5-6,11-12,15H,7-10,13H2,1-4H3/b17-11+. The number of rotatable bonds is 2. The molecule has 1 atom stereocenters. The normalized spacial score (nSPS) is 22.6. The van der Waals surface area contributed by atoms with Crippen molar-refractivity contribution in [3.63, 3.8) is 0 Å². The van der Waals surface area contributed by atoms with E-state index in [0.717, 1.165) is 12.0 Å². The van der Waals surface area contributed by atoms with Crippen molar-refractivity contribution in [2.45, 2.75) is 38.6 Å². The molecule has 0 bridgehead atoms. The first-order valence-corrected chi connectivity index (χ1v) is 9.20. The number of hydrogen-bond acceptors (Lipinski definition) is 4. The van der Waals surface area contributed by atoms with E-state index in [9.17, 15) is 10.1 Å². The van der Waals surface area contributed by atoms with Gasteiger partial charge in [0.2, 0.25) is 0 Å². The lowest BCUT2D eigenvalue weighted by Gasteiger charge is -2.45. The van der Waals surface area contributed by atoms with Gasteiger partial charge >= 0.3 is 0 Å². The summed E-state index contributed by atoms with van der Waals surface area (Å²) in [4.78, 5) is 16.6. The quantitative estimate of drug-likeness (QED) is 0.605. The molecule has 26 heavy (non-hydrogen) atoms. The van der Waals surface area contributed by atoms with E-state index in [2.05, 4.69) is 50.9 Å². The van der Waals surface area contributed by atoms with E-state index in [0.29, 0.717) is 32.2 Å². The summed E-state index contributed by atoms with van der Waals surface area (Å²) in [6.07, 6.45) is 2.78. The third-order valence-corrected chi connectivity index (χ3v) is 5.62. The van der Waals surface area contributed by atoms with Gasteiger partial charge < -0.3 is 14.5 Å². The molecule has 3 rings (SSSR count). The Morgan fingerprint density at radius 1 is 1.35 bits per heavy atom. The number of nitrogens with zero attached hydrogens (tertiary/aromatic N) is 3. The maximum atomic E-state index is 12.6. The topological polar surface area (TPSA) is 56.6 Å². The van der Waals surface area contributed by atoms with Crippen LogP contribution in [0.3, 0.4) is 0 Å². The Balaban J connectivity index is 1.90. The van der Waals surface area contributed by atoms with Gasteiger partial charge in [-0.1, -0.05) is 13.0 Å². The molecule has 1 fully saturated rings. The van der Waals surface area contributed by atoms with Gasteiger partial charge in [0.1, 0.15) is 11.6 Å². The minimum absolute atomic E-state index is 0.119. The lowest BCUT2D eigenvalue weighted by atomic mass is 9.80. The van der Waals surface area contributed by atoms with Crippen molar-refractivity contribution in [3.8, 4) is 6.07 Å². The van der Waals surface area contributed by atoms with E-state index >= 15 is 0 Å². The monoisotopic (exact) mass is 353 g/mol. The van der Waals surface area contributed by atoms with Crippen molar-refractivity contribution in [1.29, 1.82) is 5.26 Å². The maximum absolute atomic E-state index is 12.6. The minimum atomic E-state index is -0.208. The molecule has 1 unspecified atom stereocenters. The highest BCUT2D eigenvalue weighted by atomic mass is 16.5. The summed E-state index contributed by atoms with van der Waals surface area (Å²) in [5, 5.41) is 9.48. The molecular formula is C21H27N3O2. The molecular weight excluding hydrogens is 326 g/mol. The van der Waals surface area contributed by atoms with Crippen molar-refractivity contribution in [1.82, 2.24) is 4.90 Å². The number of benzene rings is 1. The van der Waals surface area contributed by atoms with Crippen LogP contribution in [0.4, 0.5) is 5.69 Å². The molecule has 0 radical (unpaired) electrons. The molecule has 2 heterocycles. The average molecular weight is 353 g/mol. The predicted molar refractivity (Wildman–Crippen MR) is 103 cm³/mol. The number of amides is 1. The molecule has 1 amide bonds. The zero-order valence-electron chi connectivity index (χ0n) is 16.1. The van der Waals surface area contributed by atoms with Gasteiger partial charge in [-0.2, -0.15) is 5.26 Å². The molecule has 5 heteroatoms. The first kappa shape index (κ1) is 18.5. The number of fused-ring (bicyclic) bond motifs is 1. The molecule has 0 aliphatic carbocycles. The highest BCUT2D eigenvalue weighted by Crippen LogP contribution is 2.42. The molecule has 0 spiro atoms. The lowest BCUT2D eigenvalue weighted by molar-refractivity contribution is -0.130. The second kappa shape index (κ2) is 7.13. The zero-order valence-corrected chi connectivity index (χ0v) is 16.1. The van der Waals surface area contributed by atoms with Gasteiger partial charge in [0.05, 0.1) is 13.2 Å². The van der Waals surface area contributed by atoms with E-state index in [4.69, 9.17) is 4.74 Å². The fourth-order valence-electron chi connectivity index (χ4n) is 3.93. The summed E-state index contributed by atoms with van der Waals surface area (Å²) >= 11 is 0. The molecule has 0 saturated carbocycles. The Morgan fingerprint density at radius 2 is 2.04 bits per heavy atom. The van der Waals surface area contributed by atoms with Crippen molar-refractivity contribution in [2.24, 2.45) is 0 Å². The van der Waals surface area contributed by atoms with Gasteiger partial charge in [-0.15, -0.1) is 0 Å². The van der Waals surface area contributed by atoms with Gasteiger partial charge in [0, 0.05) is 31.4 Å². The van der Waals surface area contributed by atoms with Crippen LogP contribution in [0.25, 0.3) is 6.08 Å². The molecule has 5 nitrogen and oxygen atoms in total. The van der Waals surface area contributed by atoms with Crippen LogP contribution in [-0.2, 0) is 9.53 Å². The molecule has 2 aliphatic rings. The Bertz CT molecular complexity index is 770. The van der Waals surface area contributed by atoms with E-state index in [-0.39, 0.29) is 17.0 Å². The van der Waals surface area contributed by atoms with Crippen molar-refractivity contribution in [2.75, 3.05) is 38.3 Å². The summed E-state index contributed by atoms with van der Waals surface area (Å²) in [6.45, 7) is 8.90. The third-order valence-electron chi connectivity index (χ3n) is 5.62. The van der Waals surface area contributed by atoms with Gasteiger partial charge in [-0.3, -0.25) is 4.79 Å². The van der Waals surface area contributed by atoms with E-state index in [1.54, 1.807) is 11.0 Å². The molecule has 1 saturated heterocycles. The van der Waals surface area contributed by atoms with E-state index < -0.39 is 0 Å².